The summed E-state index contributed by atoms with van der Waals surface area (Å²) in [6.45, 7) is 11.9. The maximum absolute atomic E-state index is 12.1. The Bertz CT molecular complexity index is 709. The molecule has 4 rings (SSSR count). The van der Waals surface area contributed by atoms with Crippen molar-refractivity contribution >= 4 is 12.6 Å². The monoisotopic (exact) mass is 386 g/mol. The van der Waals surface area contributed by atoms with Crippen molar-refractivity contribution in [2.45, 2.75) is 85.7 Å². The minimum Gasteiger partial charge on any atom is -0.393 e. The third-order valence-electron chi connectivity index (χ3n) is 10.5. The van der Waals surface area contributed by atoms with Crippen molar-refractivity contribution < 1.29 is 14.7 Å². The summed E-state index contributed by atoms with van der Waals surface area (Å²) >= 11 is 0. The van der Waals surface area contributed by atoms with Gasteiger partial charge in [0.1, 0.15) is 12.6 Å². The zero-order chi connectivity index (χ0) is 20.5. The van der Waals surface area contributed by atoms with Crippen LogP contribution in [0.15, 0.2) is 11.6 Å². The number of allylic oxidation sites excluding steroid dienone is 2. The van der Waals surface area contributed by atoms with E-state index in [0.29, 0.717) is 22.8 Å². The highest BCUT2D eigenvalue weighted by Crippen LogP contribution is 2.72. The largest absolute Gasteiger partial charge is 0.393 e. The van der Waals surface area contributed by atoms with E-state index in [-0.39, 0.29) is 16.7 Å². The van der Waals surface area contributed by atoms with Crippen molar-refractivity contribution in [1.29, 1.82) is 0 Å². The van der Waals surface area contributed by atoms with Gasteiger partial charge in [0.2, 0.25) is 0 Å². The molecule has 3 heteroatoms. The fraction of sp³-hybridized carbons (Fsp3) is 0.840. The quantitative estimate of drug-likeness (QED) is 0.682. The molecule has 0 aliphatic heterocycles. The van der Waals surface area contributed by atoms with Crippen LogP contribution in [0.1, 0.15) is 79.6 Å². The lowest BCUT2D eigenvalue weighted by atomic mass is 9.35. The number of carbonyl (C=O) groups is 2. The van der Waals surface area contributed by atoms with Crippen LogP contribution in [-0.4, -0.2) is 23.8 Å². The van der Waals surface area contributed by atoms with E-state index in [1.165, 1.54) is 32.1 Å². The van der Waals surface area contributed by atoms with E-state index < -0.39 is 17.4 Å². The molecule has 4 aliphatic rings. The van der Waals surface area contributed by atoms with Gasteiger partial charge in [-0.3, -0.25) is 4.79 Å². The molecule has 0 amide bonds. The number of aldehydes is 2. The lowest BCUT2D eigenvalue weighted by Crippen LogP contribution is -2.66. The van der Waals surface area contributed by atoms with Crippen LogP contribution in [-0.2, 0) is 9.59 Å². The molecule has 0 unspecified atom stereocenters. The molecule has 0 heterocycles. The van der Waals surface area contributed by atoms with E-state index >= 15 is 0 Å². The van der Waals surface area contributed by atoms with Crippen LogP contribution in [0.5, 0.6) is 0 Å². The summed E-state index contributed by atoms with van der Waals surface area (Å²) in [6, 6.07) is 0. The van der Waals surface area contributed by atoms with Crippen molar-refractivity contribution in [2.24, 2.45) is 45.3 Å². The molecule has 0 spiro atoms. The number of hydrogen-bond donors (Lipinski definition) is 1. The number of carbonyl (C=O) groups excluding carboxylic acids is 2. The van der Waals surface area contributed by atoms with E-state index in [0.717, 1.165) is 25.4 Å². The second-order valence-corrected chi connectivity index (χ2v) is 11.8. The molecular weight excluding hydrogens is 348 g/mol. The molecule has 28 heavy (non-hydrogen) atoms. The number of aliphatic hydroxyl groups excluding tert-OH is 1. The van der Waals surface area contributed by atoms with Crippen LogP contribution in [0.2, 0.25) is 0 Å². The van der Waals surface area contributed by atoms with Gasteiger partial charge in [0, 0.05) is 5.41 Å². The predicted octanol–water partition coefficient (Wildman–Crippen LogP) is 4.97. The van der Waals surface area contributed by atoms with E-state index in [1.807, 2.05) is 6.08 Å². The maximum Gasteiger partial charge on any atom is 0.146 e. The average Bonchev–Trinajstić information content (AvgIpc) is 2.62. The molecule has 3 saturated carbocycles. The molecule has 4 aliphatic carbocycles. The Kier molecular flexibility index (Phi) is 4.55. The van der Waals surface area contributed by atoms with Crippen LogP contribution < -0.4 is 0 Å². The van der Waals surface area contributed by atoms with Crippen LogP contribution in [0, 0.1) is 45.3 Å². The topological polar surface area (TPSA) is 54.4 Å². The Labute approximate surface area is 170 Å². The SMILES string of the molecule is CC1(C)CCC[C@]2(C)[C@@H]3C[C@@H](O)[C@]4(C)[C@H](C=O)C(C=O)=CC[C@H]4[C@]3(C)CC[C@@H]12. The van der Waals surface area contributed by atoms with Crippen LogP contribution in [0.4, 0.5) is 0 Å². The highest BCUT2D eigenvalue weighted by molar-refractivity contribution is 5.82. The summed E-state index contributed by atoms with van der Waals surface area (Å²) < 4.78 is 0. The third kappa shape index (κ3) is 2.38. The Morgan fingerprint density at radius 1 is 0.964 bits per heavy atom. The molecule has 156 valence electrons. The van der Waals surface area contributed by atoms with Gasteiger partial charge in [0.15, 0.2) is 0 Å². The van der Waals surface area contributed by atoms with Gasteiger partial charge in [-0.05, 0) is 78.1 Å². The molecule has 3 fully saturated rings. The van der Waals surface area contributed by atoms with Crippen LogP contribution in [0.3, 0.4) is 0 Å². The third-order valence-corrected chi connectivity index (χ3v) is 10.5. The molecule has 0 aromatic rings. The van der Waals surface area contributed by atoms with E-state index in [2.05, 4.69) is 34.6 Å². The second kappa shape index (κ2) is 6.27. The Morgan fingerprint density at radius 3 is 2.29 bits per heavy atom. The molecule has 3 nitrogen and oxygen atoms in total. The first kappa shape index (κ1) is 20.3. The molecule has 0 aromatic heterocycles. The number of aliphatic hydroxyl groups is 1. The van der Waals surface area contributed by atoms with E-state index in [1.54, 1.807) is 0 Å². The van der Waals surface area contributed by atoms with Gasteiger partial charge in [-0.15, -0.1) is 0 Å². The van der Waals surface area contributed by atoms with Crippen LogP contribution >= 0.6 is 0 Å². The van der Waals surface area contributed by atoms with Gasteiger partial charge in [-0.1, -0.05) is 47.1 Å². The van der Waals surface area contributed by atoms with Crippen molar-refractivity contribution in [3.63, 3.8) is 0 Å². The predicted molar refractivity (Wildman–Crippen MR) is 111 cm³/mol. The lowest BCUT2D eigenvalue weighted by Gasteiger charge is -2.70. The summed E-state index contributed by atoms with van der Waals surface area (Å²) in [4.78, 5) is 23.7. The average molecular weight is 387 g/mol. The summed E-state index contributed by atoms with van der Waals surface area (Å²) in [7, 11) is 0. The fourth-order valence-electron chi connectivity index (χ4n) is 9.10. The van der Waals surface area contributed by atoms with Crippen molar-refractivity contribution in [1.82, 2.24) is 0 Å². The first-order valence-electron chi connectivity index (χ1n) is 11.3. The van der Waals surface area contributed by atoms with Crippen molar-refractivity contribution in [3.05, 3.63) is 11.6 Å². The highest BCUT2D eigenvalue weighted by Gasteiger charge is 2.67. The highest BCUT2D eigenvalue weighted by atomic mass is 16.3. The summed E-state index contributed by atoms with van der Waals surface area (Å²) in [6.07, 6.45) is 11.1. The minimum absolute atomic E-state index is 0.110. The zero-order valence-electron chi connectivity index (χ0n) is 18.3. The summed E-state index contributed by atoms with van der Waals surface area (Å²) in [5.41, 5.74) is 0.767. The minimum atomic E-state index is -0.536. The number of fused-ring (bicyclic) bond motifs is 5. The van der Waals surface area contributed by atoms with E-state index in [9.17, 15) is 14.7 Å². The first-order chi connectivity index (χ1) is 13.1. The molecule has 0 radical (unpaired) electrons. The van der Waals surface area contributed by atoms with Crippen molar-refractivity contribution in [3.8, 4) is 0 Å². The van der Waals surface area contributed by atoms with Gasteiger partial charge < -0.3 is 9.90 Å². The standard InChI is InChI=1S/C25H38O3/c1-22(2)10-6-11-23(3)18(22)9-12-24(4)19-8-7-16(14-26)17(15-27)25(19,5)21(28)13-20(23)24/h7,14-15,17-21,28H,6,8-13H2,1-5H3/t17-,18+,19+,20+,21-,23+,24+,25-/m1/s1. The van der Waals surface area contributed by atoms with Crippen LogP contribution in [0.25, 0.3) is 0 Å². The van der Waals surface area contributed by atoms with Crippen molar-refractivity contribution in [2.75, 3.05) is 0 Å². The summed E-state index contributed by atoms with van der Waals surface area (Å²) in [5, 5.41) is 11.5. The molecular formula is C25H38O3. The maximum atomic E-state index is 12.1. The van der Waals surface area contributed by atoms with Gasteiger partial charge in [0.05, 0.1) is 12.0 Å². The molecule has 0 saturated heterocycles. The van der Waals surface area contributed by atoms with Gasteiger partial charge in [-0.2, -0.15) is 0 Å². The van der Waals surface area contributed by atoms with E-state index in [4.69, 9.17) is 0 Å². The van der Waals surface area contributed by atoms with Gasteiger partial charge in [0.25, 0.3) is 0 Å². The Morgan fingerprint density at radius 2 is 1.64 bits per heavy atom. The normalized spacial score (nSPS) is 52.5. The van der Waals surface area contributed by atoms with Gasteiger partial charge in [-0.25, -0.2) is 0 Å². The fourth-order valence-corrected chi connectivity index (χ4v) is 9.10. The Balaban J connectivity index is 1.81. The first-order valence-corrected chi connectivity index (χ1v) is 11.3. The molecule has 0 bridgehead atoms. The second-order valence-electron chi connectivity index (χ2n) is 11.8. The number of rotatable bonds is 2. The lowest BCUT2D eigenvalue weighted by molar-refractivity contribution is -0.231. The molecule has 0 aromatic carbocycles. The molecule has 8 atom stereocenters. The smallest absolute Gasteiger partial charge is 0.146 e. The summed E-state index contributed by atoms with van der Waals surface area (Å²) in [5.74, 6) is 0.945. The molecule has 1 N–H and O–H groups in total. The Hall–Kier alpha value is -0.960. The van der Waals surface area contributed by atoms with Gasteiger partial charge >= 0.3 is 0 Å². The zero-order valence-corrected chi connectivity index (χ0v) is 18.3. The number of hydrogen-bond acceptors (Lipinski definition) is 3.